The number of hydrogen-bond donors (Lipinski definition) is 10. The van der Waals surface area contributed by atoms with Gasteiger partial charge in [-0.2, -0.15) is 0 Å². The maximum absolute atomic E-state index is 12.9. The molecule has 16 rings (SSSR count). The zero-order valence-corrected chi connectivity index (χ0v) is 73.2. The van der Waals surface area contributed by atoms with Crippen LogP contribution in [0.4, 0.5) is 9.59 Å². The Kier molecular flexibility index (Phi) is 27.8. The number of nitrogens with zero attached hydrogens (tertiary/aromatic N) is 4. The normalized spacial score (nSPS) is 28.7. The number of aliphatic hydroxyl groups is 7. The number of carbonyl (C=O) groups is 10. The number of nitrogens with one attached hydrogen (secondary N) is 2. The van der Waals surface area contributed by atoms with Crippen molar-refractivity contribution in [2.24, 2.45) is 5.73 Å². The molecule has 6 bridgehead atoms. The average molecular weight is 1780 g/mol. The van der Waals surface area contributed by atoms with Gasteiger partial charge >= 0.3 is 36.2 Å². The lowest BCUT2D eigenvalue weighted by Crippen LogP contribution is -2.74. The van der Waals surface area contributed by atoms with Crippen LogP contribution in [0.2, 0.25) is 0 Å². The first-order chi connectivity index (χ1) is 58.5. The van der Waals surface area contributed by atoms with E-state index in [0.29, 0.717) is 108 Å². The molecular weight excluding hydrogens is 1660 g/mol. The molecule has 4 amide bonds. The van der Waals surface area contributed by atoms with Gasteiger partial charge in [0.1, 0.15) is 51.8 Å². The van der Waals surface area contributed by atoms with E-state index >= 15 is 0 Å². The monoisotopic (exact) mass is 1770 g/mol. The highest BCUT2D eigenvalue weighted by Gasteiger charge is 2.75. The lowest BCUT2D eigenvalue weighted by Gasteiger charge is -2.61. The number of likely N-dealkylation sites (N-methyl/N-ethyl adjacent to an activating group) is 3. The minimum Gasteiger partial charge on any atom is -0.481 e. The number of aliphatic hydroxyl groups excluding tert-OH is 4. The van der Waals surface area contributed by atoms with Gasteiger partial charge in [0.25, 0.3) is 17.7 Å². The molecule has 13 aliphatic rings. The number of nitrogens with two attached hydrogens (primary N) is 1. The summed E-state index contributed by atoms with van der Waals surface area (Å²) in [7, 11) is 6.09. The van der Waals surface area contributed by atoms with E-state index in [0.717, 1.165) is 59.4 Å². The first-order valence-electron chi connectivity index (χ1n) is 41.7. The Morgan fingerprint density at radius 3 is 1.16 bits per heavy atom. The second-order valence-electron chi connectivity index (χ2n) is 35.5. The van der Waals surface area contributed by atoms with Crippen LogP contribution in [0.15, 0.2) is 71.9 Å². The van der Waals surface area contributed by atoms with E-state index in [4.69, 9.17) is 71.6 Å². The Labute approximate surface area is 727 Å². The van der Waals surface area contributed by atoms with E-state index in [2.05, 4.69) is 42.0 Å². The molecule has 7 heterocycles. The summed E-state index contributed by atoms with van der Waals surface area (Å²) in [5.74, 6) is -1.89. The highest BCUT2D eigenvalue weighted by Crippen LogP contribution is 2.68. The number of imide groups is 1. The van der Waals surface area contributed by atoms with Gasteiger partial charge in [-0.3, -0.25) is 33.6 Å². The van der Waals surface area contributed by atoms with Crippen molar-refractivity contribution in [3.63, 3.8) is 0 Å². The highest BCUT2D eigenvalue weighted by atomic mass is 35.5. The number of carbonyl (C=O) groups excluding carboxylic acids is 10. The minimum absolute atomic E-state index is 0.00653. The number of ether oxygens (including phenoxy) is 10. The topological polar surface area (TPSA) is 477 Å². The van der Waals surface area contributed by atoms with Gasteiger partial charge < -0.3 is 119 Å². The third-order valence-corrected chi connectivity index (χ3v) is 25.8. The standard InChI is InChI=1S/C29H38N2O9.C24H30N2O7.C21H26N2O5.C12H17NO7.CH2Cl2/c1-16(37-26(35)40-27(2,3)4)25(34)30-12-9-21(33)38-19-8-10-29(36)20-14-17-6-7-18(15-32)23-22(17)28(29,24(19)39-23)11-13-31(20)5;1-13(28)22(30)25-9-6-18(29)32-16-5-7-24(31)17-11-14-3-4-15(12-27)20-19(14)23(24,21(16)33-20)8-10-26(17)2;1-23-9-7-20-17-12-2-3-13(11-24)18(17)28-19(20)14(27-16(25)5-8-22)4-6-21(20,26)15(23)10-12;1-7(18-11(17)19-12(2,3)4)10(16)20-13-8(14)5-6-9(13)15;2-1-3/h6-8,16,20,24,32,36H,9-15H2,1-5H3,(H,30,34);3-5,13,17,21,27-28,31H,6-12H2,1-2H3,(H,25,30);2-4,15,19,24,26H,5-11,22H2,1H3;7H,5-6H2,1-4H3;1H2/t16-,20+,24-,28-,29+;13-,17+,21-,23-,24+;15-,19+,20+,21-;7-;/m0010./s1. The van der Waals surface area contributed by atoms with E-state index in [-0.39, 0.29) is 95.0 Å². The van der Waals surface area contributed by atoms with Crippen LogP contribution in [0.3, 0.4) is 0 Å². The molecule has 4 saturated heterocycles. The number of likely N-dealkylation sites (tertiary alicyclic amines) is 3. The smallest absolute Gasteiger partial charge is 0.481 e. The molecule has 3 spiro atoms. The van der Waals surface area contributed by atoms with E-state index < -0.39 is 141 Å². The van der Waals surface area contributed by atoms with Crippen LogP contribution in [0.5, 0.6) is 17.2 Å². The molecule has 0 radical (unpaired) electrons. The molecule has 3 aromatic rings. The van der Waals surface area contributed by atoms with Gasteiger partial charge in [-0.15, -0.1) is 28.3 Å². The Morgan fingerprint density at radius 2 is 0.847 bits per heavy atom. The average Bonchev–Trinajstić information content (AvgIpc) is 1.46. The Morgan fingerprint density at radius 1 is 0.524 bits per heavy atom. The fourth-order valence-corrected chi connectivity index (χ4v) is 20.2. The summed E-state index contributed by atoms with van der Waals surface area (Å²) in [5, 5.41) is 81.0. The molecule has 0 unspecified atom stereocenters. The molecule has 4 fully saturated rings. The molecule has 124 heavy (non-hydrogen) atoms. The van der Waals surface area contributed by atoms with Crippen LogP contribution >= 0.6 is 23.2 Å². The number of hydroxylamine groups is 2. The largest absolute Gasteiger partial charge is 0.509 e. The minimum atomic E-state index is -1.30. The van der Waals surface area contributed by atoms with E-state index in [1.54, 1.807) is 59.8 Å². The molecule has 15 atom stereocenters. The van der Waals surface area contributed by atoms with Crippen LogP contribution < -0.4 is 30.6 Å². The molecular formula is C87H113Cl2N7O28. The van der Waals surface area contributed by atoms with Crippen LogP contribution in [0.1, 0.15) is 183 Å². The molecule has 37 heteroatoms. The molecule has 3 aromatic carbocycles. The zero-order chi connectivity index (χ0) is 90.5. The summed E-state index contributed by atoms with van der Waals surface area (Å²) in [6, 6.07) is 11.4. The maximum Gasteiger partial charge on any atom is 0.509 e. The number of amides is 4. The fourth-order valence-electron chi connectivity index (χ4n) is 20.2. The molecule has 11 N–H and O–H groups in total. The van der Waals surface area contributed by atoms with Crippen LogP contribution in [-0.4, -0.2) is 264 Å². The summed E-state index contributed by atoms with van der Waals surface area (Å²) >= 11 is 9.53. The number of rotatable bonds is 20. The summed E-state index contributed by atoms with van der Waals surface area (Å²) < 4.78 is 56.0. The van der Waals surface area contributed by atoms with Gasteiger partial charge in [-0.05, 0) is 177 Å². The van der Waals surface area contributed by atoms with E-state index in [1.165, 1.54) is 20.8 Å². The van der Waals surface area contributed by atoms with Crippen LogP contribution in [0.25, 0.3) is 0 Å². The molecule has 6 aliphatic carbocycles. The Bertz CT molecular complexity index is 4760. The van der Waals surface area contributed by atoms with Crippen molar-refractivity contribution < 1.29 is 136 Å². The van der Waals surface area contributed by atoms with Crippen molar-refractivity contribution in [1.29, 1.82) is 0 Å². The van der Waals surface area contributed by atoms with Crippen molar-refractivity contribution in [1.82, 2.24) is 30.4 Å². The van der Waals surface area contributed by atoms with Crippen LogP contribution in [-0.2, 0) is 132 Å². The van der Waals surface area contributed by atoms with Gasteiger partial charge in [0.2, 0.25) is 12.0 Å². The number of alkyl halides is 2. The van der Waals surface area contributed by atoms with Crippen molar-refractivity contribution in [2.75, 3.05) is 65.8 Å². The second-order valence-corrected chi connectivity index (χ2v) is 36.3. The van der Waals surface area contributed by atoms with Gasteiger partial charge in [-0.1, -0.05) is 36.4 Å². The first kappa shape index (κ1) is 94.1. The number of halogens is 2. The van der Waals surface area contributed by atoms with Crippen molar-refractivity contribution in [3.8, 4) is 17.2 Å². The van der Waals surface area contributed by atoms with Gasteiger partial charge in [0.05, 0.1) is 77.5 Å². The summed E-state index contributed by atoms with van der Waals surface area (Å²) in [4.78, 5) is 130. The number of benzene rings is 3. The Hall–Kier alpha value is -9.08. The highest BCUT2D eigenvalue weighted by molar-refractivity contribution is 6.40. The predicted octanol–water partition coefficient (Wildman–Crippen LogP) is 4.44. The first-order valence-corrected chi connectivity index (χ1v) is 42.8. The van der Waals surface area contributed by atoms with Crippen molar-refractivity contribution in [2.45, 2.75) is 271 Å². The third kappa shape index (κ3) is 17.2. The lowest BCUT2D eigenvalue weighted by molar-refractivity contribution is -0.203. The van der Waals surface area contributed by atoms with Gasteiger partial charge in [0, 0.05) is 103 Å². The predicted molar refractivity (Wildman–Crippen MR) is 439 cm³/mol. The summed E-state index contributed by atoms with van der Waals surface area (Å²) in [6.45, 7) is 16.0. The summed E-state index contributed by atoms with van der Waals surface area (Å²) in [6.07, 6.45) is 2.73. The van der Waals surface area contributed by atoms with E-state index in [1.807, 2.05) is 50.5 Å². The lowest BCUT2D eigenvalue weighted by atomic mass is 9.50. The SMILES string of the molecule is CN1CC[C@]23c4c5ccc(CO)c4O[C@H]2C(OC(=O)CCN)=CC[C@@]3(O)[C@H]1C5.C[C@H](O)C(=O)NCCC(=O)OC1=CC[C@@]2(O)[C@H]3Cc4ccc(CO)c5c4[C@@]2(CCN3C)[C@H]1O5.C[C@H](OC(=O)OC(C)(C)C)C(=O)NCCC(=O)OC1=CC[C@@]2(O)[C@H]3Cc4ccc(CO)c5c4[C@@]2(CCN3C)[C@H]1O5.C[C@H](OC(=O)OC(C)(C)C)C(=O)ON1C(=O)CCC1=O.ClCCl. The number of esters is 3. The van der Waals surface area contributed by atoms with Crippen molar-refractivity contribution >= 4 is 83.0 Å². The molecule has 0 saturated carbocycles. The quantitative estimate of drug-likeness (QED) is 0.0323. The molecule has 7 aliphatic heterocycles. The molecule has 678 valence electrons. The zero-order valence-electron chi connectivity index (χ0n) is 71.7. The third-order valence-electron chi connectivity index (χ3n) is 25.8. The fraction of sp³-hybridized carbons (Fsp3) is 0.609. The van der Waals surface area contributed by atoms with E-state index in [9.17, 15) is 83.7 Å². The molecule has 0 aromatic heterocycles. The Balaban J connectivity index is 0.000000153. The number of piperidine rings is 3. The van der Waals surface area contributed by atoms with Crippen molar-refractivity contribution in [3.05, 3.63) is 122 Å². The van der Waals surface area contributed by atoms with Crippen LogP contribution in [0, 0.1) is 0 Å². The van der Waals surface area contributed by atoms with Gasteiger partial charge in [0.15, 0.2) is 24.4 Å². The summed E-state index contributed by atoms with van der Waals surface area (Å²) in [5.41, 5.74) is 6.69. The molecule has 35 nitrogen and oxygen atoms in total. The second kappa shape index (κ2) is 36.7. The van der Waals surface area contributed by atoms with Gasteiger partial charge in [-0.25, -0.2) is 14.4 Å². The maximum atomic E-state index is 12.9. The number of hydrogen-bond acceptors (Lipinski definition) is 32.